The molecule has 0 rings (SSSR count). The fraction of sp³-hybridized carbons (Fsp3) is 0.947. The minimum absolute atomic E-state index is 0.141. The third-order valence-corrected chi connectivity index (χ3v) is 4.41. The Bertz CT molecular complexity index is 312. The molecule has 0 aromatic heterocycles. The predicted molar refractivity (Wildman–Crippen MR) is 95.0 cm³/mol. The number of rotatable bonds is 9. The molecule has 0 saturated carbocycles. The van der Waals surface area contributed by atoms with Gasteiger partial charge < -0.3 is 10.1 Å². The van der Waals surface area contributed by atoms with Crippen molar-refractivity contribution in [2.24, 2.45) is 16.7 Å². The summed E-state index contributed by atoms with van der Waals surface area (Å²) in [6, 6.07) is 0. The standard InChI is InChI=1S/C19H39NO2/c1-15(19(6,7)8)11-14-22-16(2)9-10-17(21)20-13-12-18(3,4)5/h15-16H,9-14H2,1-8H3,(H,20,21). The molecule has 3 nitrogen and oxygen atoms in total. The van der Waals surface area contributed by atoms with Gasteiger partial charge in [-0.3, -0.25) is 4.79 Å². The predicted octanol–water partition coefficient (Wildman–Crippen LogP) is 4.80. The van der Waals surface area contributed by atoms with Gasteiger partial charge in [0.05, 0.1) is 6.10 Å². The van der Waals surface area contributed by atoms with E-state index in [0.717, 1.165) is 32.4 Å². The molecule has 3 heteroatoms. The van der Waals surface area contributed by atoms with Crippen LogP contribution >= 0.6 is 0 Å². The monoisotopic (exact) mass is 313 g/mol. The highest BCUT2D eigenvalue weighted by atomic mass is 16.5. The van der Waals surface area contributed by atoms with Gasteiger partial charge >= 0.3 is 0 Å². The molecule has 2 unspecified atom stereocenters. The van der Waals surface area contributed by atoms with Crippen molar-refractivity contribution in [3.05, 3.63) is 0 Å². The number of nitrogens with one attached hydrogen (secondary N) is 1. The lowest BCUT2D eigenvalue weighted by Crippen LogP contribution is -2.28. The average molecular weight is 314 g/mol. The van der Waals surface area contributed by atoms with E-state index in [-0.39, 0.29) is 17.4 Å². The lowest BCUT2D eigenvalue weighted by molar-refractivity contribution is -0.121. The molecular formula is C19H39NO2. The summed E-state index contributed by atoms with van der Waals surface area (Å²) in [5, 5.41) is 2.99. The van der Waals surface area contributed by atoms with E-state index in [1.165, 1.54) is 0 Å². The topological polar surface area (TPSA) is 38.3 Å². The molecule has 0 heterocycles. The lowest BCUT2D eigenvalue weighted by atomic mass is 9.80. The third kappa shape index (κ3) is 12.0. The molecule has 0 aliphatic carbocycles. The highest BCUT2D eigenvalue weighted by Crippen LogP contribution is 2.28. The maximum Gasteiger partial charge on any atom is 0.220 e. The second kappa shape index (κ2) is 9.54. The van der Waals surface area contributed by atoms with Crippen molar-refractivity contribution in [2.75, 3.05) is 13.2 Å². The summed E-state index contributed by atoms with van der Waals surface area (Å²) >= 11 is 0. The molecule has 0 aliphatic heterocycles. The van der Waals surface area contributed by atoms with E-state index in [2.05, 4.69) is 60.7 Å². The Morgan fingerprint density at radius 1 is 1.05 bits per heavy atom. The van der Waals surface area contributed by atoms with E-state index < -0.39 is 0 Å². The van der Waals surface area contributed by atoms with Crippen molar-refractivity contribution < 1.29 is 9.53 Å². The molecule has 132 valence electrons. The molecule has 0 saturated heterocycles. The molecule has 0 aromatic carbocycles. The van der Waals surface area contributed by atoms with E-state index in [9.17, 15) is 4.79 Å². The lowest BCUT2D eigenvalue weighted by Gasteiger charge is -2.27. The molecule has 0 radical (unpaired) electrons. The van der Waals surface area contributed by atoms with Gasteiger partial charge in [0.15, 0.2) is 0 Å². The maximum absolute atomic E-state index is 11.8. The summed E-state index contributed by atoms with van der Waals surface area (Å²) < 4.78 is 5.84. The number of ether oxygens (including phenoxy) is 1. The molecule has 1 N–H and O–H groups in total. The Morgan fingerprint density at radius 2 is 1.64 bits per heavy atom. The Balaban J connectivity index is 3.72. The second-order valence-corrected chi connectivity index (χ2v) is 8.94. The molecule has 0 bridgehead atoms. The first kappa shape index (κ1) is 21.4. The Labute approximate surface area is 138 Å². The molecule has 0 fully saturated rings. The Hall–Kier alpha value is -0.570. The summed E-state index contributed by atoms with van der Waals surface area (Å²) in [7, 11) is 0. The zero-order valence-corrected chi connectivity index (χ0v) is 16.2. The molecular weight excluding hydrogens is 274 g/mol. The van der Waals surface area contributed by atoms with Crippen molar-refractivity contribution in [1.29, 1.82) is 0 Å². The van der Waals surface area contributed by atoms with Gasteiger partial charge in [-0.1, -0.05) is 48.5 Å². The normalized spacial score (nSPS) is 15.5. The van der Waals surface area contributed by atoms with Gasteiger partial charge in [0.1, 0.15) is 0 Å². The SMILES string of the molecule is CC(CCC(=O)NCCC(C)(C)C)OCCC(C)C(C)(C)C. The first-order chi connectivity index (χ1) is 9.92. The zero-order chi connectivity index (χ0) is 17.4. The van der Waals surface area contributed by atoms with Gasteiger partial charge in [-0.05, 0) is 42.9 Å². The van der Waals surface area contributed by atoms with Crippen LogP contribution in [0.3, 0.4) is 0 Å². The molecule has 2 atom stereocenters. The number of amides is 1. The van der Waals surface area contributed by atoms with Crippen LogP contribution in [0.1, 0.15) is 81.1 Å². The zero-order valence-electron chi connectivity index (χ0n) is 16.2. The summed E-state index contributed by atoms with van der Waals surface area (Å²) in [5.41, 5.74) is 0.604. The summed E-state index contributed by atoms with van der Waals surface area (Å²) in [4.78, 5) is 11.8. The van der Waals surface area contributed by atoms with Crippen molar-refractivity contribution in [2.45, 2.75) is 87.2 Å². The third-order valence-electron chi connectivity index (χ3n) is 4.41. The summed E-state index contributed by atoms with van der Waals surface area (Å²) in [6.07, 6.45) is 3.59. The van der Waals surface area contributed by atoms with E-state index in [1.807, 2.05) is 0 Å². The quantitative estimate of drug-likeness (QED) is 0.664. The fourth-order valence-corrected chi connectivity index (χ4v) is 1.96. The number of hydrogen-bond acceptors (Lipinski definition) is 2. The van der Waals surface area contributed by atoms with Crippen molar-refractivity contribution >= 4 is 5.91 Å². The van der Waals surface area contributed by atoms with E-state index >= 15 is 0 Å². The van der Waals surface area contributed by atoms with Crippen LogP contribution in [0.5, 0.6) is 0 Å². The van der Waals surface area contributed by atoms with Gasteiger partial charge in [0.2, 0.25) is 5.91 Å². The van der Waals surface area contributed by atoms with Crippen LogP contribution in [-0.2, 0) is 9.53 Å². The smallest absolute Gasteiger partial charge is 0.220 e. The Morgan fingerprint density at radius 3 is 2.14 bits per heavy atom. The van der Waals surface area contributed by atoms with Gasteiger partial charge in [-0.15, -0.1) is 0 Å². The van der Waals surface area contributed by atoms with Crippen LogP contribution in [0, 0.1) is 16.7 Å². The average Bonchev–Trinajstić information content (AvgIpc) is 2.33. The van der Waals surface area contributed by atoms with E-state index in [1.54, 1.807) is 0 Å². The highest BCUT2D eigenvalue weighted by Gasteiger charge is 2.19. The largest absolute Gasteiger partial charge is 0.378 e. The van der Waals surface area contributed by atoms with E-state index in [4.69, 9.17) is 4.74 Å². The van der Waals surface area contributed by atoms with E-state index in [0.29, 0.717) is 17.8 Å². The minimum atomic E-state index is 0.141. The Kier molecular flexibility index (Phi) is 9.30. The summed E-state index contributed by atoms with van der Waals surface area (Å²) in [6.45, 7) is 19.2. The van der Waals surface area contributed by atoms with Gasteiger partial charge in [0.25, 0.3) is 0 Å². The van der Waals surface area contributed by atoms with Gasteiger partial charge in [0, 0.05) is 19.6 Å². The van der Waals surface area contributed by atoms with Crippen LogP contribution in [0.4, 0.5) is 0 Å². The van der Waals surface area contributed by atoms with Gasteiger partial charge in [-0.25, -0.2) is 0 Å². The van der Waals surface area contributed by atoms with Crippen molar-refractivity contribution in [1.82, 2.24) is 5.32 Å². The summed E-state index contributed by atoms with van der Waals surface area (Å²) in [5.74, 6) is 0.781. The molecule has 0 spiro atoms. The maximum atomic E-state index is 11.8. The first-order valence-corrected chi connectivity index (χ1v) is 8.80. The van der Waals surface area contributed by atoms with Crippen molar-refractivity contribution in [3.63, 3.8) is 0 Å². The number of carbonyl (C=O) groups is 1. The van der Waals surface area contributed by atoms with Crippen LogP contribution in [0.25, 0.3) is 0 Å². The molecule has 0 aliphatic rings. The van der Waals surface area contributed by atoms with Crippen LogP contribution < -0.4 is 5.32 Å². The van der Waals surface area contributed by atoms with Crippen LogP contribution in [0.15, 0.2) is 0 Å². The second-order valence-electron chi connectivity index (χ2n) is 8.94. The van der Waals surface area contributed by atoms with Crippen LogP contribution in [0.2, 0.25) is 0 Å². The van der Waals surface area contributed by atoms with Crippen LogP contribution in [-0.4, -0.2) is 25.2 Å². The molecule has 22 heavy (non-hydrogen) atoms. The van der Waals surface area contributed by atoms with Gasteiger partial charge in [-0.2, -0.15) is 0 Å². The highest BCUT2D eigenvalue weighted by molar-refractivity contribution is 5.75. The molecule has 1 amide bonds. The first-order valence-electron chi connectivity index (χ1n) is 8.80. The minimum Gasteiger partial charge on any atom is -0.378 e. The number of hydrogen-bond donors (Lipinski definition) is 1. The fourth-order valence-electron chi connectivity index (χ4n) is 1.96. The van der Waals surface area contributed by atoms with Crippen molar-refractivity contribution in [3.8, 4) is 0 Å². The number of carbonyl (C=O) groups excluding carboxylic acids is 1. The molecule has 0 aromatic rings.